The smallest absolute Gasteiger partial charge is 0.256 e. The number of unbranched alkanes of at least 4 members (excludes halogenated alkanes) is 2. The molecule has 0 heterocycles. The molecule has 0 saturated carbocycles. The first-order chi connectivity index (χ1) is 8.97. The Kier molecular flexibility index (Phi) is 6.72. The van der Waals surface area contributed by atoms with Crippen molar-refractivity contribution < 1.29 is 13.6 Å². The third-order valence-electron chi connectivity index (χ3n) is 2.71. The molecule has 6 heteroatoms. The van der Waals surface area contributed by atoms with Gasteiger partial charge in [-0.3, -0.25) is 4.79 Å². The van der Waals surface area contributed by atoms with Crippen LogP contribution in [0.5, 0.6) is 0 Å². The highest BCUT2D eigenvalue weighted by Crippen LogP contribution is 2.20. The molecule has 19 heavy (non-hydrogen) atoms. The number of carbonyl (C=O) groups excluding carboxylic acids is 1. The molecule has 0 radical (unpaired) electrons. The van der Waals surface area contributed by atoms with E-state index in [1.807, 2.05) is 0 Å². The third-order valence-corrected chi connectivity index (χ3v) is 3.56. The van der Waals surface area contributed by atoms with Gasteiger partial charge in [-0.1, -0.05) is 34.0 Å². The van der Waals surface area contributed by atoms with Crippen LogP contribution in [-0.2, 0) is 0 Å². The highest BCUT2D eigenvalue weighted by Gasteiger charge is 2.18. The summed E-state index contributed by atoms with van der Waals surface area (Å²) >= 11 is 8.77. The van der Waals surface area contributed by atoms with E-state index in [1.165, 1.54) is 4.90 Å². The van der Waals surface area contributed by atoms with Crippen molar-refractivity contribution in [1.82, 2.24) is 4.90 Å². The summed E-state index contributed by atoms with van der Waals surface area (Å²) in [7, 11) is 1.57. The molecule has 1 aromatic rings. The Labute approximate surface area is 124 Å². The molecule has 0 atom stereocenters. The molecule has 1 aromatic carbocycles. The van der Waals surface area contributed by atoms with Crippen molar-refractivity contribution in [3.63, 3.8) is 0 Å². The number of nitrogens with zero attached hydrogens (tertiary/aromatic N) is 1. The molecule has 0 aliphatic heterocycles. The van der Waals surface area contributed by atoms with Crippen molar-refractivity contribution in [1.29, 1.82) is 0 Å². The number of halogens is 4. The van der Waals surface area contributed by atoms with Crippen LogP contribution >= 0.6 is 27.5 Å². The number of amides is 1. The van der Waals surface area contributed by atoms with Crippen LogP contribution in [0.25, 0.3) is 0 Å². The Hall–Kier alpha value is -0.680. The highest BCUT2D eigenvalue weighted by molar-refractivity contribution is 9.09. The van der Waals surface area contributed by atoms with E-state index in [2.05, 4.69) is 15.9 Å². The van der Waals surface area contributed by atoms with Crippen molar-refractivity contribution in [2.75, 3.05) is 18.9 Å². The topological polar surface area (TPSA) is 20.3 Å². The SMILES string of the molecule is CN(CCCCCBr)C(=O)c1cc(F)c(Cl)cc1F. The largest absolute Gasteiger partial charge is 0.342 e. The molecule has 1 rings (SSSR count). The van der Waals surface area contributed by atoms with Gasteiger partial charge in [-0.2, -0.15) is 0 Å². The molecule has 0 aliphatic carbocycles. The van der Waals surface area contributed by atoms with Crippen LogP contribution in [0.4, 0.5) is 8.78 Å². The molecule has 0 fully saturated rings. The predicted molar refractivity (Wildman–Crippen MR) is 76.0 cm³/mol. The summed E-state index contributed by atoms with van der Waals surface area (Å²) in [6.45, 7) is 0.509. The third kappa shape index (κ3) is 4.73. The highest BCUT2D eigenvalue weighted by atomic mass is 79.9. The van der Waals surface area contributed by atoms with Crippen molar-refractivity contribution in [2.24, 2.45) is 0 Å². The molecule has 2 nitrogen and oxygen atoms in total. The maximum Gasteiger partial charge on any atom is 0.256 e. The molecule has 0 aliphatic rings. The van der Waals surface area contributed by atoms with E-state index in [9.17, 15) is 13.6 Å². The first-order valence-electron chi connectivity index (χ1n) is 5.93. The lowest BCUT2D eigenvalue weighted by Gasteiger charge is -2.17. The molecule has 0 saturated heterocycles. The number of benzene rings is 1. The van der Waals surface area contributed by atoms with Crippen LogP contribution in [0.2, 0.25) is 5.02 Å². The summed E-state index contributed by atoms with van der Waals surface area (Å²) in [5, 5.41) is 0.593. The number of hydrogen-bond acceptors (Lipinski definition) is 1. The molecule has 0 unspecified atom stereocenters. The lowest BCUT2D eigenvalue weighted by atomic mass is 10.1. The Morgan fingerprint density at radius 1 is 1.26 bits per heavy atom. The maximum absolute atomic E-state index is 13.6. The minimum Gasteiger partial charge on any atom is -0.342 e. The van der Waals surface area contributed by atoms with E-state index >= 15 is 0 Å². The van der Waals surface area contributed by atoms with E-state index in [0.29, 0.717) is 6.54 Å². The Morgan fingerprint density at radius 3 is 2.58 bits per heavy atom. The van der Waals surface area contributed by atoms with Gasteiger partial charge in [0.15, 0.2) is 0 Å². The summed E-state index contributed by atoms with van der Waals surface area (Å²) in [4.78, 5) is 13.3. The lowest BCUT2D eigenvalue weighted by molar-refractivity contribution is 0.0787. The first-order valence-corrected chi connectivity index (χ1v) is 7.43. The lowest BCUT2D eigenvalue weighted by Crippen LogP contribution is -2.28. The van der Waals surface area contributed by atoms with E-state index in [1.54, 1.807) is 7.05 Å². The molecule has 0 aromatic heterocycles. The van der Waals surface area contributed by atoms with Crippen molar-refractivity contribution in [3.05, 3.63) is 34.4 Å². The van der Waals surface area contributed by atoms with Gasteiger partial charge in [0.1, 0.15) is 11.6 Å². The number of rotatable bonds is 6. The zero-order valence-corrected chi connectivity index (χ0v) is 12.9. The monoisotopic (exact) mass is 353 g/mol. The van der Waals surface area contributed by atoms with Gasteiger partial charge >= 0.3 is 0 Å². The molecule has 0 spiro atoms. The minimum absolute atomic E-state index is 0.287. The summed E-state index contributed by atoms with van der Waals surface area (Å²) in [5.41, 5.74) is -0.287. The molecular formula is C13H15BrClF2NO. The van der Waals surface area contributed by atoms with Crippen LogP contribution in [-0.4, -0.2) is 29.7 Å². The number of carbonyl (C=O) groups is 1. The quantitative estimate of drug-likeness (QED) is 0.425. The molecular weight excluding hydrogens is 340 g/mol. The average Bonchev–Trinajstić information content (AvgIpc) is 2.38. The van der Waals surface area contributed by atoms with Gasteiger partial charge < -0.3 is 4.90 Å². The minimum atomic E-state index is -0.802. The van der Waals surface area contributed by atoms with E-state index in [4.69, 9.17) is 11.6 Å². The molecule has 1 amide bonds. The van der Waals surface area contributed by atoms with Crippen LogP contribution in [0.3, 0.4) is 0 Å². The maximum atomic E-state index is 13.6. The van der Waals surface area contributed by atoms with Crippen LogP contribution in [0.1, 0.15) is 29.6 Å². The van der Waals surface area contributed by atoms with E-state index in [0.717, 1.165) is 36.7 Å². The van der Waals surface area contributed by atoms with Gasteiger partial charge in [0, 0.05) is 18.9 Å². The van der Waals surface area contributed by atoms with Crippen LogP contribution < -0.4 is 0 Å². The molecule has 0 N–H and O–H groups in total. The van der Waals surface area contributed by atoms with Gasteiger partial charge in [0.25, 0.3) is 5.91 Å². The second-order valence-electron chi connectivity index (χ2n) is 4.22. The van der Waals surface area contributed by atoms with Gasteiger partial charge in [-0.15, -0.1) is 0 Å². The fourth-order valence-corrected chi connectivity index (χ4v) is 2.16. The fourth-order valence-electron chi connectivity index (χ4n) is 1.61. The fraction of sp³-hybridized carbons (Fsp3) is 0.462. The Balaban J connectivity index is 2.69. The van der Waals surface area contributed by atoms with Crippen molar-refractivity contribution in [2.45, 2.75) is 19.3 Å². The second-order valence-corrected chi connectivity index (χ2v) is 5.42. The van der Waals surface area contributed by atoms with Crippen LogP contribution in [0.15, 0.2) is 12.1 Å². The molecule has 106 valence electrons. The van der Waals surface area contributed by atoms with Crippen LogP contribution in [0, 0.1) is 11.6 Å². The number of alkyl halides is 1. The van der Waals surface area contributed by atoms with Crippen molar-refractivity contribution >= 4 is 33.4 Å². The Bertz CT molecular complexity index is 457. The summed E-state index contributed by atoms with van der Waals surface area (Å²) in [6, 6.07) is 1.66. The summed E-state index contributed by atoms with van der Waals surface area (Å²) < 4.78 is 26.8. The standard InChI is InChI=1S/C13H15BrClF2NO/c1-18(6-4-2-3-5-14)13(19)9-7-12(17)10(15)8-11(9)16/h7-8H,2-6H2,1H3. The van der Waals surface area contributed by atoms with Gasteiger partial charge in [0.2, 0.25) is 0 Å². The van der Waals surface area contributed by atoms with Gasteiger partial charge in [-0.05, 0) is 25.0 Å². The normalized spacial score (nSPS) is 10.6. The number of hydrogen-bond donors (Lipinski definition) is 0. The van der Waals surface area contributed by atoms with Crippen molar-refractivity contribution in [3.8, 4) is 0 Å². The first kappa shape index (κ1) is 16.4. The summed E-state index contributed by atoms with van der Waals surface area (Å²) in [5.74, 6) is -2.13. The van der Waals surface area contributed by atoms with E-state index in [-0.39, 0.29) is 10.6 Å². The summed E-state index contributed by atoms with van der Waals surface area (Å²) in [6.07, 6.45) is 2.82. The second kappa shape index (κ2) is 7.80. The zero-order chi connectivity index (χ0) is 14.4. The average molecular weight is 355 g/mol. The van der Waals surface area contributed by atoms with Gasteiger partial charge in [0.05, 0.1) is 10.6 Å². The zero-order valence-electron chi connectivity index (χ0n) is 10.6. The predicted octanol–water partition coefficient (Wildman–Crippen LogP) is 4.26. The van der Waals surface area contributed by atoms with Gasteiger partial charge in [-0.25, -0.2) is 8.78 Å². The molecule has 0 bridgehead atoms. The Morgan fingerprint density at radius 2 is 1.95 bits per heavy atom. The van der Waals surface area contributed by atoms with E-state index < -0.39 is 17.5 Å².